The summed E-state index contributed by atoms with van der Waals surface area (Å²) >= 11 is 4.20. The van der Waals surface area contributed by atoms with Gasteiger partial charge < -0.3 is 15.0 Å². The van der Waals surface area contributed by atoms with Gasteiger partial charge in [0.1, 0.15) is 17.9 Å². The van der Waals surface area contributed by atoms with Crippen molar-refractivity contribution in [1.29, 1.82) is 0 Å². The van der Waals surface area contributed by atoms with Crippen LogP contribution in [0.4, 0.5) is 5.95 Å². The molecule has 0 radical (unpaired) electrons. The molecule has 3 fully saturated rings. The van der Waals surface area contributed by atoms with Gasteiger partial charge in [-0.2, -0.15) is 18.1 Å². The van der Waals surface area contributed by atoms with Crippen LogP contribution in [0.3, 0.4) is 0 Å². The molecule has 6 heterocycles. The molecule has 42 heavy (non-hydrogen) atoms. The van der Waals surface area contributed by atoms with Crippen LogP contribution in [-0.2, 0) is 32.8 Å². The molecule has 4 N–H and O–H groups in total. The first-order valence-electron chi connectivity index (χ1n) is 12.9. The Morgan fingerprint density at radius 3 is 2.79 bits per heavy atom. The summed E-state index contributed by atoms with van der Waals surface area (Å²) in [5.74, 6) is -0.576. The predicted molar refractivity (Wildman–Crippen MR) is 147 cm³/mol. The Balaban J connectivity index is 1.17. The van der Waals surface area contributed by atoms with Gasteiger partial charge in [0.2, 0.25) is 5.95 Å². The average molecular weight is 641 g/mol. The zero-order chi connectivity index (χ0) is 29.2. The fraction of sp³-hybridized carbons (Fsp3) is 0.524. The number of nitrogens with zero attached hydrogens (tertiary/aromatic N) is 7. The summed E-state index contributed by atoms with van der Waals surface area (Å²) in [6.07, 6.45) is 3.18. The van der Waals surface area contributed by atoms with Crippen molar-refractivity contribution in [3.8, 4) is 0 Å². The molecule has 1 saturated carbocycles. The lowest BCUT2D eigenvalue weighted by molar-refractivity contribution is -0.0419. The summed E-state index contributed by atoms with van der Waals surface area (Å²) in [5.41, 5.74) is 6.41. The van der Waals surface area contributed by atoms with Gasteiger partial charge in [-0.15, -0.1) is 0 Å². The van der Waals surface area contributed by atoms with Gasteiger partial charge in [-0.1, -0.05) is 12.2 Å². The summed E-state index contributed by atoms with van der Waals surface area (Å²) < 4.78 is 68.5. The Morgan fingerprint density at radius 1 is 1.10 bits per heavy atom. The first-order valence-corrected chi connectivity index (χ1v) is 17.0. The van der Waals surface area contributed by atoms with E-state index >= 15 is 0 Å². The van der Waals surface area contributed by atoms with Crippen molar-refractivity contribution in [2.45, 2.75) is 49.8 Å². The molecule has 0 aromatic carbocycles. The van der Waals surface area contributed by atoms with E-state index in [1.54, 1.807) is 12.5 Å². The Kier molecular flexibility index (Phi) is 6.85. The summed E-state index contributed by atoms with van der Waals surface area (Å²) in [6.45, 7) is -4.24. The Hall–Kier alpha value is -2.97. The highest BCUT2D eigenvalue weighted by atomic mass is 32.7. The van der Waals surface area contributed by atoms with Crippen molar-refractivity contribution in [3.63, 3.8) is 0 Å². The van der Waals surface area contributed by atoms with Crippen LogP contribution in [0.2, 0.25) is 0 Å². The van der Waals surface area contributed by atoms with Gasteiger partial charge in [-0.3, -0.25) is 23.4 Å². The van der Waals surface area contributed by atoms with E-state index in [-0.39, 0.29) is 42.7 Å². The average Bonchev–Trinajstić information content (AvgIpc) is 3.70. The van der Waals surface area contributed by atoms with Crippen molar-refractivity contribution >= 4 is 57.6 Å². The van der Waals surface area contributed by atoms with Gasteiger partial charge >= 0.3 is 17.1 Å². The number of nitrogens with two attached hydrogens (primary N) is 1. The first-order chi connectivity index (χ1) is 20.1. The number of nitrogens with one attached hydrogen (secondary N) is 2. The second kappa shape index (κ2) is 10.3. The van der Waals surface area contributed by atoms with Gasteiger partial charge in [0.05, 0.1) is 37.7 Å². The minimum absolute atomic E-state index is 0.0196. The van der Waals surface area contributed by atoms with Crippen LogP contribution < -0.4 is 16.0 Å². The molecule has 2 bridgehead atoms. The van der Waals surface area contributed by atoms with Crippen LogP contribution in [-0.4, -0.2) is 78.9 Å². The van der Waals surface area contributed by atoms with Crippen LogP contribution in [0, 0.1) is 5.92 Å². The maximum atomic E-state index is 13.3. The third-order valence-electron chi connectivity index (χ3n) is 7.57. The van der Waals surface area contributed by atoms with E-state index in [1.165, 1.54) is 17.2 Å². The van der Waals surface area contributed by atoms with Gasteiger partial charge in [0.25, 0.3) is 5.56 Å². The number of anilines is 1. The molecule has 7 rings (SSSR count). The van der Waals surface area contributed by atoms with Crippen molar-refractivity contribution in [2.24, 2.45) is 5.92 Å². The van der Waals surface area contributed by atoms with Crippen LogP contribution in [0.15, 0.2) is 30.0 Å². The molecule has 3 aliphatic rings. The SMILES string of the molecule is Nc1nc2c(ncn2[C@H]2O[C@@H]3CO[P@@](=O)(S)O[C@H]4C[C@H](n5cnc6cncnc65)C[C@@H]4CNS(=O)(=O)O[C@@H]2C3)c(=O)[nH]1. The zero-order valence-electron chi connectivity index (χ0n) is 21.6. The summed E-state index contributed by atoms with van der Waals surface area (Å²) in [7, 11) is -4.32. The van der Waals surface area contributed by atoms with E-state index in [9.17, 15) is 17.8 Å². The minimum atomic E-state index is -4.32. The molecule has 224 valence electrons. The van der Waals surface area contributed by atoms with Crippen LogP contribution in [0.1, 0.15) is 31.5 Å². The summed E-state index contributed by atoms with van der Waals surface area (Å²) in [6, 6.07) is -0.187. The summed E-state index contributed by atoms with van der Waals surface area (Å²) in [4.78, 5) is 35.5. The Bertz CT molecular complexity index is 1880. The van der Waals surface area contributed by atoms with Crippen molar-refractivity contribution in [2.75, 3.05) is 18.9 Å². The fourth-order valence-corrected chi connectivity index (χ4v) is 8.31. The number of rotatable bonds is 2. The molecule has 0 spiro atoms. The summed E-state index contributed by atoms with van der Waals surface area (Å²) in [5, 5.41) is 0. The molecular formula is C21H25N10O8PS2. The van der Waals surface area contributed by atoms with Crippen LogP contribution in [0.25, 0.3) is 22.3 Å². The number of imidazole rings is 2. The highest BCUT2D eigenvalue weighted by molar-refractivity contribution is 8.44. The molecule has 7 atom stereocenters. The van der Waals surface area contributed by atoms with E-state index < -0.39 is 53.1 Å². The van der Waals surface area contributed by atoms with Crippen molar-refractivity contribution in [3.05, 3.63) is 35.5 Å². The number of ether oxygens (including phenoxy) is 1. The van der Waals surface area contributed by atoms with E-state index in [2.05, 4.69) is 46.9 Å². The molecule has 18 nitrogen and oxygen atoms in total. The normalized spacial score (nSPS) is 33.6. The van der Waals surface area contributed by atoms with Crippen molar-refractivity contribution < 1.29 is 31.0 Å². The molecule has 4 aromatic heterocycles. The number of H-pyrrole nitrogens is 1. The molecule has 2 saturated heterocycles. The van der Waals surface area contributed by atoms with Crippen LogP contribution >= 0.6 is 19.0 Å². The van der Waals surface area contributed by atoms with E-state index in [0.29, 0.717) is 24.0 Å². The van der Waals surface area contributed by atoms with E-state index in [4.69, 9.17) is 23.7 Å². The van der Waals surface area contributed by atoms with E-state index in [1.807, 2.05) is 4.57 Å². The standard InChI is InChI=1S/C21H25N10O8PS2/c22-21-28-18-16(19(32)29-21)26-9-31(18)20-15-3-12(37-20)6-36-40(33,41)38-14-2-11(1-10(14)4-27-42(34,35)39-15)30-8-25-13-5-23-7-24-17(13)30/h5,7-12,14-15,20,27H,1-4,6H2,(H,33,41)(H3,22,28,29,32)/t10-,11-,12+,14+,15-,20+,40-/m1/s1. The third-order valence-corrected chi connectivity index (χ3v) is 10.2. The zero-order valence-corrected chi connectivity index (χ0v) is 24.2. The molecule has 1 aliphatic carbocycles. The number of nitrogen functional groups attached to an aromatic ring is 1. The smallest absolute Gasteiger partial charge is 0.369 e. The molecule has 0 amide bonds. The second-order valence-corrected chi connectivity index (χ2v) is 14.5. The number of fused-ring (bicyclic) bond motifs is 5. The maximum absolute atomic E-state index is 13.3. The monoisotopic (exact) mass is 640 g/mol. The predicted octanol–water partition coefficient (Wildman–Crippen LogP) is 0.453. The Morgan fingerprint density at radius 2 is 1.93 bits per heavy atom. The first kappa shape index (κ1) is 27.8. The Labute approximate surface area is 242 Å². The number of thiol groups is 1. The topological polar surface area (TPSA) is 233 Å². The quantitative estimate of drug-likeness (QED) is 0.172. The lowest BCUT2D eigenvalue weighted by Crippen LogP contribution is -2.37. The van der Waals surface area contributed by atoms with Gasteiger partial charge in [-0.25, -0.2) is 28.7 Å². The van der Waals surface area contributed by atoms with Crippen molar-refractivity contribution in [1.82, 2.24) is 43.8 Å². The number of hydrogen-bond acceptors (Lipinski definition) is 14. The molecular weight excluding hydrogens is 615 g/mol. The maximum Gasteiger partial charge on any atom is 0.386 e. The molecule has 4 aromatic rings. The third kappa shape index (κ3) is 5.21. The van der Waals surface area contributed by atoms with Gasteiger partial charge in [0, 0.05) is 24.9 Å². The lowest BCUT2D eigenvalue weighted by atomic mass is 10.1. The molecule has 0 unspecified atom stereocenters. The number of aromatic amines is 1. The highest BCUT2D eigenvalue weighted by Gasteiger charge is 2.45. The molecule has 21 heteroatoms. The largest absolute Gasteiger partial charge is 0.386 e. The van der Waals surface area contributed by atoms with E-state index in [0.717, 1.165) is 0 Å². The minimum Gasteiger partial charge on any atom is -0.369 e. The fourth-order valence-electron chi connectivity index (χ4n) is 5.75. The number of aromatic nitrogens is 8. The second-order valence-electron chi connectivity index (χ2n) is 10.3. The molecule has 2 aliphatic heterocycles. The number of hydrogen-bond donors (Lipinski definition) is 4. The van der Waals surface area contributed by atoms with Crippen LogP contribution in [0.5, 0.6) is 0 Å². The lowest BCUT2D eigenvalue weighted by Gasteiger charge is -2.25. The highest BCUT2D eigenvalue weighted by Crippen LogP contribution is 2.57. The van der Waals surface area contributed by atoms with Gasteiger partial charge in [0.15, 0.2) is 23.0 Å². The van der Waals surface area contributed by atoms with Gasteiger partial charge in [-0.05, 0) is 12.8 Å².